The summed E-state index contributed by atoms with van der Waals surface area (Å²) >= 11 is 0. The second-order valence-electron chi connectivity index (χ2n) is 8.95. The highest BCUT2D eigenvalue weighted by Crippen LogP contribution is 2.18. The van der Waals surface area contributed by atoms with Gasteiger partial charge in [-0.3, -0.25) is 4.79 Å². The molecule has 32 heavy (non-hydrogen) atoms. The van der Waals surface area contributed by atoms with Gasteiger partial charge in [-0.05, 0) is 64.8 Å². The van der Waals surface area contributed by atoms with Crippen LogP contribution in [0.15, 0.2) is 24.3 Å². The first-order valence-corrected chi connectivity index (χ1v) is 12.7. The van der Waals surface area contributed by atoms with Gasteiger partial charge in [0, 0.05) is 43.5 Å². The van der Waals surface area contributed by atoms with Gasteiger partial charge in [-0.25, -0.2) is 17.9 Å². The predicted molar refractivity (Wildman–Crippen MR) is 123 cm³/mol. The summed E-state index contributed by atoms with van der Waals surface area (Å²) < 4.78 is 32.5. The first-order valence-electron chi connectivity index (χ1n) is 11.2. The minimum Gasteiger partial charge on any atom is -0.372 e. The average Bonchev–Trinajstić information content (AvgIpc) is 2.73. The zero-order valence-corrected chi connectivity index (χ0v) is 20.0. The molecule has 2 fully saturated rings. The Morgan fingerprint density at radius 2 is 1.56 bits per heavy atom. The average molecular weight is 467 g/mol. The van der Waals surface area contributed by atoms with Crippen LogP contribution in [-0.4, -0.2) is 79.8 Å². The molecule has 1 aromatic rings. The number of nitrogens with one attached hydrogen (secondary N) is 2. The fourth-order valence-electron chi connectivity index (χ4n) is 3.99. The third-order valence-electron chi connectivity index (χ3n) is 5.82. The Morgan fingerprint density at radius 1 is 1.00 bits per heavy atom. The molecule has 2 N–H and O–H groups in total. The molecule has 1 aromatic carbocycles. The highest BCUT2D eigenvalue weighted by atomic mass is 32.2. The molecular formula is C22H34N4O5S. The smallest absolute Gasteiger partial charge is 0.321 e. The molecule has 2 atom stereocenters. The first-order chi connectivity index (χ1) is 15.0. The number of likely N-dealkylation sites (tertiary alicyclic amines) is 1. The van der Waals surface area contributed by atoms with Gasteiger partial charge in [-0.2, -0.15) is 0 Å². The van der Waals surface area contributed by atoms with Crippen molar-refractivity contribution in [2.75, 3.05) is 31.5 Å². The van der Waals surface area contributed by atoms with Crippen molar-refractivity contribution in [3.63, 3.8) is 0 Å². The third-order valence-corrected chi connectivity index (χ3v) is 7.73. The Balaban J connectivity index is 1.50. The van der Waals surface area contributed by atoms with Gasteiger partial charge in [0.05, 0.1) is 17.5 Å². The molecule has 9 nitrogen and oxygen atoms in total. The summed E-state index contributed by atoms with van der Waals surface area (Å²) in [6.07, 6.45) is 1.16. The Morgan fingerprint density at radius 3 is 2.09 bits per heavy atom. The highest BCUT2D eigenvalue weighted by molar-refractivity contribution is 7.90. The second-order valence-corrected chi connectivity index (χ2v) is 11.2. The number of nitrogens with zero attached hydrogens (tertiary/aromatic N) is 2. The van der Waals surface area contributed by atoms with Crippen LogP contribution >= 0.6 is 0 Å². The molecule has 2 aliphatic heterocycles. The number of anilines is 1. The lowest BCUT2D eigenvalue weighted by atomic mass is 10.1. The standard InChI is InChI=1S/C22H34N4O5S/c1-15(2)32(29,30)24-20-9-11-25(12-10-20)22(28)23-19-7-5-18(6-8-19)21(27)26-13-16(3)31-17(4)14-26/h5-8,15-17,20,24H,9-14H2,1-4H3,(H,23,28)/t16-,17+. The molecule has 0 saturated carbocycles. The lowest BCUT2D eigenvalue weighted by Gasteiger charge is -2.35. The van der Waals surface area contributed by atoms with Gasteiger partial charge >= 0.3 is 6.03 Å². The number of benzene rings is 1. The van der Waals surface area contributed by atoms with Crippen LogP contribution < -0.4 is 10.0 Å². The van der Waals surface area contributed by atoms with E-state index >= 15 is 0 Å². The molecule has 3 amide bonds. The van der Waals surface area contributed by atoms with E-state index in [1.54, 1.807) is 47.9 Å². The summed E-state index contributed by atoms with van der Waals surface area (Å²) in [5, 5.41) is 2.38. The summed E-state index contributed by atoms with van der Waals surface area (Å²) in [7, 11) is -3.32. The molecule has 0 radical (unpaired) electrons. The number of rotatable bonds is 5. The van der Waals surface area contributed by atoms with Crippen LogP contribution in [0, 0.1) is 0 Å². The van der Waals surface area contributed by atoms with E-state index in [4.69, 9.17) is 4.74 Å². The van der Waals surface area contributed by atoms with Gasteiger partial charge in [-0.15, -0.1) is 0 Å². The number of morpholine rings is 1. The Hall–Kier alpha value is -2.17. The van der Waals surface area contributed by atoms with Crippen LogP contribution in [0.5, 0.6) is 0 Å². The molecule has 0 aromatic heterocycles. The minimum atomic E-state index is -3.32. The van der Waals surface area contributed by atoms with Gasteiger partial charge in [0.2, 0.25) is 10.0 Å². The van der Waals surface area contributed by atoms with Crippen LogP contribution in [0.3, 0.4) is 0 Å². The van der Waals surface area contributed by atoms with Crippen molar-refractivity contribution in [2.45, 2.75) is 64.0 Å². The van der Waals surface area contributed by atoms with Crippen LogP contribution in [0.25, 0.3) is 0 Å². The quantitative estimate of drug-likeness (QED) is 0.692. The number of hydrogen-bond acceptors (Lipinski definition) is 5. The highest BCUT2D eigenvalue weighted by Gasteiger charge is 2.28. The summed E-state index contributed by atoms with van der Waals surface area (Å²) in [6.45, 7) is 9.27. The molecule has 0 spiro atoms. The number of carbonyl (C=O) groups is 2. The van der Waals surface area contributed by atoms with E-state index in [1.807, 2.05) is 13.8 Å². The molecular weight excluding hydrogens is 432 g/mol. The van der Waals surface area contributed by atoms with E-state index in [0.717, 1.165) is 0 Å². The molecule has 0 aliphatic carbocycles. The maximum absolute atomic E-state index is 12.8. The topological polar surface area (TPSA) is 108 Å². The lowest BCUT2D eigenvalue weighted by Crippen LogP contribution is -2.48. The summed E-state index contributed by atoms with van der Waals surface area (Å²) in [6, 6.07) is 6.50. The van der Waals surface area contributed by atoms with Crippen LogP contribution in [0.1, 0.15) is 50.9 Å². The van der Waals surface area contributed by atoms with Gasteiger partial charge < -0.3 is 19.9 Å². The number of ether oxygens (including phenoxy) is 1. The van der Waals surface area contributed by atoms with Crippen LogP contribution in [-0.2, 0) is 14.8 Å². The van der Waals surface area contributed by atoms with E-state index in [1.165, 1.54) is 0 Å². The number of hydrogen-bond donors (Lipinski definition) is 2. The maximum atomic E-state index is 12.8. The summed E-state index contributed by atoms with van der Waals surface area (Å²) in [5.41, 5.74) is 1.18. The van der Waals surface area contributed by atoms with E-state index in [0.29, 0.717) is 50.3 Å². The predicted octanol–water partition coefficient (Wildman–Crippen LogP) is 2.26. The van der Waals surface area contributed by atoms with Crippen molar-refractivity contribution in [3.05, 3.63) is 29.8 Å². The molecule has 178 valence electrons. The molecule has 2 saturated heterocycles. The Bertz CT molecular complexity index is 901. The van der Waals surface area contributed by atoms with Crippen LogP contribution in [0.2, 0.25) is 0 Å². The fraction of sp³-hybridized carbons (Fsp3) is 0.636. The van der Waals surface area contributed by atoms with Gasteiger partial charge in [0.25, 0.3) is 5.91 Å². The zero-order chi connectivity index (χ0) is 23.5. The normalized spacial score (nSPS) is 22.8. The number of sulfonamides is 1. The summed E-state index contributed by atoms with van der Waals surface area (Å²) in [5.74, 6) is -0.0456. The molecule has 2 heterocycles. The van der Waals surface area contributed by atoms with Crippen molar-refractivity contribution in [3.8, 4) is 0 Å². The number of piperidine rings is 1. The molecule has 2 aliphatic rings. The lowest BCUT2D eigenvalue weighted by molar-refractivity contribution is -0.0586. The van der Waals surface area contributed by atoms with Gasteiger partial charge in [0.1, 0.15) is 0 Å². The fourth-order valence-corrected chi connectivity index (χ4v) is 4.97. The van der Waals surface area contributed by atoms with Gasteiger partial charge in [0.15, 0.2) is 0 Å². The molecule has 3 rings (SSSR count). The number of urea groups is 1. The molecule has 10 heteroatoms. The van der Waals surface area contributed by atoms with Gasteiger partial charge in [-0.1, -0.05) is 0 Å². The first kappa shape index (κ1) is 24.5. The third kappa shape index (κ3) is 6.20. The van der Waals surface area contributed by atoms with E-state index in [2.05, 4.69) is 10.0 Å². The van der Waals surface area contributed by atoms with Crippen molar-refractivity contribution in [1.29, 1.82) is 0 Å². The number of carbonyl (C=O) groups excluding carboxylic acids is 2. The Labute approximate surface area is 190 Å². The van der Waals surface area contributed by atoms with Crippen molar-refractivity contribution in [1.82, 2.24) is 14.5 Å². The van der Waals surface area contributed by atoms with Crippen LogP contribution in [0.4, 0.5) is 10.5 Å². The van der Waals surface area contributed by atoms with Crippen molar-refractivity contribution >= 4 is 27.6 Å². The van der Waals surface area contributed by atoms with E-state index in [9.17, 15) is 18.0 Å². The molecule has 0 unspecified atom stereocenters. The summed E-state index contributed by atoms with van der Waals surface area (Å²) in [4.78, 5) is 28.8. The minimum absolute atomic E-state index is 0.00563. The molecule has 0 bridgehead atoms. The number of amides is 3. The monoisotopic (exact) mass is 466 g/mol. The Kier molecular flexibility index (Phi) is 7.79. The zero-order valence-electron chi connectivity index (χ0n) is 19.2. The van der Waals surface area contributed by atoms with Crippen molar-refractivity contribution in [2.24, 2.45) is 0 Å². The van der Waals surface area contributed by atoms with E-state index in [-0.39, 0.29) is 30.2 Å². The van der Waals surface area contributed by atoms with Crippen molar-refractivity contribution < 1.29 is 22.7 Å². The second kappa shape index (κ2) is 10.2. The maximum Gasteiger partial charge on any atom is 0.321 e. The van der Waals surface area contributed by atoms with E-state index < -0.39 is 15.3 Å². The SMILES string of the molecule is CC(C)S(=O)(=O)NC1CCN(C(=O)Nc2ccc(C(=O)N3C[C@@H](C)O[C@@H](C)C3)cc2)CC1. The largest absolute Gasteiger partial charge is 0.372 e.